The zero-order valence-electron chi connectivity index (χ0n) is 19.2. The van der Waals surface area contributed by atoms with Gasteiger partial charge in [-0.25, -0.2) is 8.78 Å². The second-order valence-corrected chi connectivity index (χ2v) is 9.04. The first-order chi connectivity index (χ1) is 15.9. The lowest BCUT2D eigenvalue weighted by molar-refractivity contribution is 0.0954. The van der Waals surface area contributed by atoms with E-state index < -0.39 is 5.82 Å². The van der Waals surface area contributed by atoms with E-state index in [-0.39, 0.29) is 23.3 Å². The summed E-state index contributed by atoms with van der Waals surface area (Å²) in [7, 11) is 0. The highest BCUT2D eigenvalue weighted by Crippen LogP contribution is 2.28. The van der Waals surface area contributed by atoms with Gasteiger partial charge >= 0.3 is 0 Å². The SMILES string of the molecule is CC(C)c1ccc(CN2CCC(N(C(=O)c3ccccc3F)c3ccc(F)cc3)CC2)cc1. The molecule has 33 heavy (non-hydrogen) atoms. The Morgan fingerprint density at radius 2 is 1.58 bits per heavy atom. The van der Waals surface area contributed by atoms with E-state index in [1.165, 1.54) is 35.4 Å². The van der Waals surface area contributed by atoms with Crippen molar-refractivity contribution in [2.45, 2.75) is 45.2 Å². The molecule has 1 fully saturated rings. The van der Waals surface area contributed by atoms with Crippen molar-refractivity contribution in [2.24, 2.45) is 0 Å². The number of anilines is 1. The van der Waals surface area contributed by atoms with E-state index >= 15 is 0 Å². The molecule has 0 radical (unpaired) electrons. The van der Waals surface area contributed by atoms with Gasteiger partial charge in [0.25, 0.3) is 5.91 Å². The van der Waals surface area contributed by atoms with E-state index in [9.17, 15) is 13.6 Å². The van der Waals surface area contributed by atoms with Crippen LogP contribution in [0.3, 0.4) is 0 Å². The van der Waals surface area contributed by atoms with Crippen LogP contribution in [0.4, 0.5) is 14.5 Å². The van der Waals surface area contributed by atoms with Crippen LogP contribution in [0.1, 0.15) is 54.1 Å². The maximum atomic E-state index is 14.4. The fourth-order valence-electron chi connectivity index (χ4n) is 4.46. The molecular formula is C28H30F2N2O. The smallest absolute Gasteiger partial charge is 0.261 e. The lowest BCUT2D eigenvalue weighted by atomic mass is 9.99. The van der Waals surface area contributed by atoms with Gasteiger partial charge in [0.05, 0.1) is 5.56 Å². The number of carbonyl (C=O) groups excluding carboxylic acids is 1. The van der Waals surface area contributed by atoms with Gasteiger partial charge in [-0.3, -0.25) is 9.69 Å². The Bertz CT molecular complexity index is 1070. The number of halogens is 2. The second-order valence-electron chi connectivity index (χ2n) is 9.04. The Labute approximate surface area is 194 Å². The molecule has 3 aromatic rings. The van der Waals surface area contributed by atoms with Crippen molar-refractivity contribution in [1.82, 2.24) is 4.90 Å². The predicted molar refractivity (Wildman–Crippen MR) is 128 cm³/mol. The third-order valence-corrected chi connectivity index (χ3v) is 6.40. The molecule has 0 aromatic heterocycles. The molecule has 0 spiro atoms. The normalized spacial score (nSPS) is 15.1. The van der Waals surface area contributed by atoms with E-state index in [1.54, 1.807) is 29.2 Å². The Kier molecular flexibility index (Phi) is 7.19. The molecule has 0 aliphatic carbocycles. The molecule has 0 N–H and O–H groups in total. The highest BCUT2D eigenvalue weighted by atomic mass is 19.1. The van der Waals surface area contributed by atoms with Crippen LogP contribution in [-0.2, 0) is 6.54 Å². The summed E-state index contributed by atoms with van der Waals surface area (Å²) in [5, 5.41) is 0. The third-order valence-electron chi connectivity index (χ3n) is 6.40. The van der Waals surface area contributed by atoms with Gasteiger partial charge in [0.15, 0.2) is 0 Å². The fourth-order valence-corrected chi connectivity index (χ4v) is 4.46. The number of rotatable bonds is 6. The van der Waals surface area contributed by atoms with Crippen molar-refractivity contribution in [1.29, 1.82) is 0 Å². The maximum Gasteiger partial charge on any atom is 0.261 e. The second kappa shape index (κ2) is 10.3. The molecule has 0 bridgehead atoms. The van der Waals surface area contributed by atoms with Crippen molar-refractivity contribution >= 4 is 11.6 Å². The van der Waals surface area contributed by atoms with E-state index in [0.29, 0.717) is 11.6 Å². The van der Waals surface area contributed by atoms with Crippen LogP contribution in [-0.4, -0.2) is 29.9 Å². The van der Waals surface area contributed by atoms with Crippen LogP contribution in [0.25, 0.3) is 0 Å². The molecule has 4 rings (SSSR count). The van der Waals surface area contributed by atoms with E-state index in [0.717, 1.165) is 32.5 Å². The van der Waals surface area contributed by atoms with Crippen LogP contribution in [0, 0.1) is 11.6 Å². The molecule has 3 nitrogen and oxygen atoms in total. The number of carbonyl (C=O) groups is 1. The number of piperidine rings is 1. The molecule has 0 unspecified atom stereocenters. The van der Waals surface area contributed by atoms with Crippen LogP contribution >= 0.6 is 0 Å². The topological polar surface area (TPSA) is 23.6 Å². The standard InChI is InChI=1S/C28H30F2N2O/c1-20(2)22-9-7-21(8-10-22)19-31-17-15-25(16-18-31)32(24-13-11-23(29)12-14-24)28(33)26-5-3-4-6-27(26)30/h3-14,20,25H,15-19H2,1-2H3. The lowest BCUT2D eigenvalue weighted by Crippen LogP contribution is -2.47. The number of hydrogen-bond acceptors (Lipinski definition) is 2. The van der Waals surface area contributed by atoms with Gasteiger partial charge in [-0.1, -0.05) is 50.2 Å². The number of nitrogens with zero attached hydrogens (tertiary/aromatic N) is 2. The summed E-state index contributed by atoms with van der Waals surface area (Å²) in [6.45, 7) is 6.91. The zero-order chi connectivity index (χ0) is 23.4. The molecule has 172 valence electrons. The summed E-state index contributed by atoms with van der Waals surface area (Å²) in [6, 6.07) is 20.6. The zero-order valence-corrected chi connectivity index (χ0v) is 19.2. The van der Waals surface area contributed by atoms with Crippen LogP contribution in [0.2, 0.25) is 0 Å². The number of benzene rings is 3. The largest absolute Gasteiger partial charge is 0.305 e. The highest BCUT2D eigenvalue weighted by molar-refractivity contribution is 6.06. The summed E-state index contributed by atoms with van der Waals surface area (Å²) in [6.07, 6.45) is 1.53. The van der Waals surface area contributed by atoms with Gasteiger partial charge in [0.2, 0.25) is 0 Å². The van der Waals surface area contributed by atoms with Crippen LogP contribution < -0.4 is 4.90 Å². The number of likely N-dealkylation sites (tertiary alicyclic amines) is 1. The minimum Gasteiger partial charge on any atom is -0.305 e. The Morgan fingerprint density at radius 1 is 0.939 bits per heavy atom. The molecule has 0 atom stereocenters. The number of hydrogen-bond donors (Lipinski definition) is 0. The quantitative estimate of drug-likeness (QED) is 0.436. The molecule has 5 heteroatoms. The van der Waals surface area contributed by atoms with E-state index in [1.807, 2.05) is 0 Å². The molecule has 1 amide bonds. The molecule has 1 saturated heterocycles. The first-order valence-corrected chi connectivity index (χ1v) is 11.6. The van der Waals surface area contributed by atoms with Gasteiger partial charge in [0.1, 0.15) is 11.6 Å². The number of amides is 1. The summed E-state index contributed by atoms with van der Waals surface area (Å²) >= 11 is 0. The lowest BCUT2D eigenvalue weighted by Gasteiger charge is -2.38. The summed E-state index contributed by atoms with van der Waals surface area (Å²) in [5.74, 6) is -0.783. The van der Waals surface area contributed by atoms with Crippen molar-refractivity contribution in [3.05, 3.63) is 101 Å². The molecule has 3 aromatic carbocycles. The Hall–Kier alpha value is -3.05. The minimum absolute atomic E-state index is 0.0366. The van der Waals surface area contributed by atoms with Crippen LogP contribution in [0.5, 0.6) is 0 Å². The average Bonchev–Trinajstić information content (AvgIpc) is 2.82. The van der Waals surface area contributed by atoms with E-state index in [2.05, 4.69) is 43.0 Å². The monoisotopic (exact) mass is 448 g/mol. The summed E-state index contributed by atoms with van der Waals surface area (Å²) in [5.41, 5.74) is 3.23. The average molecular weight is 449 g/mol. The van der Waals surface area contributed by atoms with Crippen molar-refractivity contribution in [2.75, 3.05) is 18.0 Å². The molecule has 1 aliphatic heterocycles. The van der Waals surface area contributed by atoms with Crippen molar-refractivity contribution in [3.8, 4) is 0 Å². The fraction of sp³-hybridized carbons (Fsp3) is 0.321. The van der Waals surface area contributed by atoms with Gasteiger partial charge in [-0.05, 0) is 66.3 Å². The Morgan fingerprint density at radius 3 is 2.18 bits per heavy atom. The molecule has 1 heterocycles. The predicted octanol–water partition coefficient (Wildman–Crippen LogP) is 6.40. The minimum atomic E-state index is -0.545. The van der Waals surface area contributed by atoms with Crippen molar-refractivity contribution in [3.63, 3.8) is 0 Å². The highest BCUT2D eigenvalue weighted by Gasteiger charge is 2.31. The maximum absolute atomic E-state index is 14.4. The third kappa shape index (κ3) is 5.48. The molecule has 1 aliphatic rings. The summed E-state index contributed by atoms with van der Waals surface area (Å²) < 4.78 is 28.0. The van der Waals surface area contributed by atoms with Crippen LogP contribution in [0.15, 0.2) is 72.8 Å². The molecule has 0 saturated carbocycles. The van der Waals surface area contributed by atoms with E-state index in [4.69, 9.17) is 0 Å². The first kappa shape index (κ1) is 23.1. The van der Waals surface area contributed by atoms with Crippen molar-refractivity contribution < 1.29 is 13.6 Å². The Balaban J connectivity index is 1.49. The van der Waals surface area contributed by atoms with Gasteiger partial charge in [0, 0.05) is 31.4 Å². The summed E-state index contributed by atoms with van der Waals surface area (Å²) in [4.78, 5) is 17.4. The van der Waals surface area contributed by atoms with Gasteiger partial charge in [-0.15, -0.1) is 0 Å². The van der Waals surface area contributed by atoms with Gasteiger partial charge < -0.3 is 4.90 Å². The van der Waals surface area contributed by atoms with Gasteiger partial charge in [-0.2, -0.15) is 0 Å². The molecular weight excluding hydrogens is 418 g/mol. The first-order valence-electron chi connectivity index (χ1n) is 11.6.